The molecule has 0 aliphatic carbocycles. The lowest BCUT2D eigenvalue weighted by atomic mass is 10.2. The number of carbonyl (C=O) groups is 4. The van der Waals surface area contributed by atoms with Crippen LogP contribution in [0.3, 0.4) is 0 Å². The molecule has 0 atom stereocenters. The summed E-state index contributed by atoms with van der Waals surface area (Å²) in [6, 6.07) is 2.79. The monoisotopic (exact) mass is 484 g/mol. The van der Waals surface area contributed by atoms with Gasteiger partial charge in [-0.1, -0.05) is 23.2 Å². The lowest BCUT2D eigenvalue weighted by Gasteiger charge is -2.29. The smallest absolute Gasteiger partial charge is 0.350 e. The summed E-state index contributed by atoms with van der Waals surface area (Å²) in [6.07, 6.45) is 2.17. The van der Waals surface area contributed by atoms with Crippen molar-refractivity contribution in [1.82, 2.24) is 0 Å². The van der Waals surface area contributed by atoms with E-state index in [2.05, 4.69) is 10.6 Å². The number of carbonyl (C=O) groups excluding carboxylic acids is 4. The van der Waals surface area contributed by atoms with Crippen molar-refractivity contribution in [2.45, 2.75) is 39.3 Å². The van der Waals surface area contributed by atoms with E-state index in [0.717, 1.165) is 12.4 Å². The predicted octanol–water partition coefficient (Wildman–Crippen LogP) is 3.26. The normalized spacial score (nSPS) is 19.3. The minimum Gasteiger partial charge on any atom is -0.419 e. The standard InChI is InChI=1S/C20H18Cl2N2O8/c1-19(2)29-15(25)9(16(26)30-19)7-23-13-5-12(22)14(6-11(13)21)24-8-10-17(27)31-20(3,4)32-18(10)28/h5-8,23-24H,1-4H3. The van der Waals surface area contributed by atoms with Gasteiger partial charge >= 0.3 is 23.9 Å². The molecule has 32 heavy (non-hydrogen) atoms. The number of nitrogens with one attached hydrogen (secondary N) is 2. The number of cyclic esters (lactones) is 4. The molecule has 12 heteroatoms. The van der Waals surface area contributed by atoms with Crippen LogP contribution in [0.1, 0.15) is 27.7 Å². The van der Waals surface area contributed by atoms with Gasteiger partial charge in [0.25, 0.3) is 11.6 Å². The first-order valence-electron chi connectivity index (χ1n) is 9.14. The van der Waals surface area contributed by atoms with E-state index in [-0.39, 0.29) is 32.6 Å². The molecule has 2 fully saturated rings. The highest BCUT2D eigenvalue weighted by Crippen LogP contribution is 2.34. The Morgan fingerprint density at radius 3 is 1.22 bits per heavy atom. The number of ether oxygens (including phenoxy) is 4. The van der Waals surface area contributed by atoms with Crippen molar-refractivity contribution in [3.63, 3.8) is 0 Å². The minimum absolute atomic E-state index is 0.139. The van der Waals surface area contributed by atoms with E-state index in [9.17, 15) is 19.2 Å². The summed E-state index contributed by atoms with van der Waals surface area (Å²) in [5, 5.41) is 5.67. The topological polar surface area (TPSA) is 129 Å². The Morgan fingerprint density at radius 2 is 0.938 bits per heavy atom. The fourth-order valence-corrected chi connectivity index (χ4v) is 3.06. The van der Waals surface area contributed by atoms with Gasteiger partial charge in [0, 0.05) is 40.1 Å². The molecule has 1 aromatic carbocycles. The summed E-state index contributed by atoms with van der Waals surface area (Å²) >= 11 is 12.5. The summed E-state index contributed by atoms with van der Waals surface area (Å²) in [5.41, 5.74) is -0.210. The van der Waals surface area contributed by atoms with Gasteiger partial charge in [-0.3, -0.25) is 0 Å². The van der Waals surface area contributed by atoms with Gasteiger partial charge in [0.2, 0.25) is 0 Å². The largest absolute Gasteiger partial charge is 0.419 e. The highest BCUT2D eigenvalue weighted by molar-refractivity contribution is 6.37. The second-order valence-electron chi connectivity index (χ2n) is 7.57. The maximum absolute atomic E-state index is 12.0. The number of anilines is 2. The lowest BCUT2D eigenvalue weighted by molar-refractivity contribution is -0.224. The van der Waals surface area contributed by atoms with Crippen molar-refractivity contribution in [1.29, 1.82) is 0 Å². The van der Waals surface area contributed by atoms with Crippen molar-refractivity contribution in [3.8, 4) is 0 Å². The molecule has 2 heterocycles. The zero-order chi connectivity index (χ0) is 23.8. The van der Waals surface area contributed by atoms with Crippen LogP contribution in [0.2, 0.25) is 10.0 Å². The number of rotatable bonds is 4. The summed E-state index contributed by atoms with van der Waals surface area (Å²) in [7, 11) is 0. The van der Waals surface area contributed by atoms with Crippen LogP contribution in [0.25, 0.3) is 0 Å². The quantitative estimate of drug-likeness (QED) is 0.373. The van der Waals surface area contributed by atoms with E-state index in [4.69, 9.17) is 42.1 Å². The van der Waals surface area contributed by atoms with E-state index in [0.29, 0.717) is 0 Å². The molecule has 10 nitrogen and oxygen atoms in total. The fraction of sp³-hybridized carbons (Fsp3) is 0.300. The van der Waals surface area contributed by atoms with Crippen molar-refractivity contribution in [2.24, 2.45) is 0 Å². The second kappa shape index (κ2) is 8.36. The van der Waals surface area contributed by atoms with E-state index in [1.807, 2.05) is 0 Å². The number of esters is 4. The third-order valence-electron chi connectivity index (χ3n) is 4.03. The van der Waals surface area contributed by atoms with E-state index >= 15 is 0 Å². The summed E-state index contributed by atoms with van der Waals surface area (Å²) in [6.45, 7) is 5.72. The third-order valence-corrected chi connectivity index (χ3v) is 4.66. The highest BCUT2D eigenvalue weighted by atomic mass is 35.5. The number of benzene rings is 1. The van der Waals surface area contributed by atoms with Crippen LogP contribution in [0.15, 0.2) is 35.7 Å². The van der Waals surface area contributed by atoms with Gasteiger partial charge < -0.3 is 29.6 Å². The Kier molecular flexibility index (Phi) is 6.12. The second-order valence-corrected chi connectivity index (χ2v) is 8.39. The van der Waals surface area contributed by atoms with Crippen LogP contribution < -0.4 is 10.6 Å². The van der Waals surface area contributed by atoms with Gasteiger partial charge in [-0.05, 0) is 12.1 Å². The first kappa shape index (κ1) is 23.4. The molecule has 2 aliphatic rings. The van der Waals surface area contributed by atoms with Gasteiger partial charge in [-0.15, -0.1) is 0 Å². The Morgan fingerprint density at radius 1 is 0.656 bits per heavy atom. The molecule has 0 saturated carbocycles. The third kappa shape index (κ3) is 5.14. The average molecular weight is 485 g/mol. The molecular weight excluding hydrogens is 467 g/mol. The lowest BCUT2D eigenvalue weighted by Crippen LogP contribution is -2.42. The first-order chi connectivity index (χ1) is 14.8. The van der Waals surface area contributed by atoms with Gasteiger partial charge in [-0.2, -0.15) is 0 Å². The van der Waals surface area contributed by atoms with Crippen molar-refractivity contribution in [3.05, 3.63) is 45.7 Å². The van der Waals surface area contributed by atoms with Crippen LogP contribution in [-0.4, -0.2) is 35.5 Å². The molecule has 0 unspecified atom stereocenters. The van der Waals surface area contributed by atoms with Crippen LogP contribution in [0.4, 0.5) is 11.4 Å². The van der Waals surface area contributed by atoms with Gasteiger partial charge in [0.15, 0.2) is 11.1 Å². The minimum atomic E-state index is -1.36. The highest BCUT2D eigenvalue weighted by Gasteiger charge is 2.40. The van der Waals surface area contributed by atoms with E-state index in [1.54, 1.807) is 0 Å². The zero-order valence-electron chi connectivity index (χ0n) is 17.3. The SMILES string of the molecule is CC1(C)OC(=O)C(=CNc2cc(Cl)c(NC=C3C(=O)OC(C)(C)OC3=O)cc2Cl)C(=O)O1. The van der Waals surface area contributed by atoms with Crippen LogP contribution in [0.5, 0.6) is 0 Å². The van der Waals surface area contributed by atoms with Gasteiger partial charge in [0.1, 0.15) is 0 Å². The molecule has 3 rings (SSSR count). The number of halogens is 2. The molecule has 2 saturated heterocycles. The van der Waals surface area contributed by atoms with Crippen LogP contribution in [-0.2, 0) is 38.1 Å². The average Bonchev–Trinajstić information content (AvgIpc) is 2.61. The Balaban J connectivity index is 1.76. The summed E-state index contributed by atoms with van der Waals surface area (Å²) in [4.78, 5) is 48.0. The molecule has 0 aromatic heterocycles. The Bertz CT molecular complexity index is 962. The molecule has 1 aromatic rings. The Labute approximate surface area is 192 Å². The van der Waals surface area contributed by atoms with Crippen LogP contribution in [0, 0.1) is 0 Å². The summed E-state index contributed by atoms with van der Waals surface area (Å²) in [5.74, 6) is -6.16. The van der Waals surface area contributed by atoms with E-state index < -0.39 is 35.5 Å². The van der Waals surface area contributed by atoms with Crippen molar-refractivity contribution < 1.29 is 38.1 Å². The molecule has 170 valence electrons. The molecule has 0 radical (unpaired) electrons. The van der Waals surface area contributed by atoms with Crippen molar-refractivity contribution in [2.75, 3.05) is 10.6 Å². The maximum Gasteiger partial charge on any atom is 0.350 e. The number of hydrogen-bond donors (Lipinski definition) is 2. The molecule has 0 amide bonds. The molecule has 2 N–H and O–H groups in total. The molecule has 0 bridgehead atoms. The van der Waals surface area contributed by atoms with Crippen molar-refractivity contribution >= 4 is 58.5 Å². The van der Waals surface area contributed by atoms with Gasteiger partial charge in [-0.25, -0.2) is 19.2 Å². The summed E-state index contributed by atoms with van der Waals surface area (Å²) < 4.78 is 20.0. The molecule has 2 aliphatic heterocycles. The maximum atomic E-state index is 12.0. The first-order valence-corrected chi connectivity index (χ1v) is 9.89. The van der Waals surface area contributed by atoms with Crippen LogP contribution >= 0.6 is 23.2 Å². The van der Waals surface area contributed by atoms with E-state index in [1.165, 1.54) is 39.8 Å². The fourth-order valence-electron chi connectivity index (χ4n) is 2.62. The molecular formula is C20H18Cl2N2O8. The number of hydrogen-bond acceptors (Lipinski definition) is 10. The van der Waals surface area contributed by atoms with Gasteiger partial charge in [0.05, 0.1) is 21.4 Å². The Hall–Kier alpha value is -3.24. The molecule has 0 spiro atoms. The predicted molar refractivity (Wildman–Crippen MR) is 112 cm³/mol. The zero-order valence-corrected chi connectivity index (χ0v) is 18.8.